The number of nitrogens with zero attached hydrogens (tertiary/aromatic N) is 2. The lowest BCUT2D eigenvalue weighted by atomic mass is 10.1. The first-order valence-corrected chi connectivity index (χ1v) is 6.64. The lowest BCUT2D eigenvalue weighted by Crippen LogP contribution is -2.23. The van der Waals surface area contributed by atoms with Crippen LogP contribution in [0.3, 0.4) is 0 Å². The second-order valence-electron chi connectivity index (χ2n) is 4.95. The summed E-state index contributed by atoms with van der Waals surface area (Å²) in [6.45, 7) is 0.438. The standard InChI is InChI=1S/C16H16N2O3/c1-18(10-12-5-3-9-21-12)16(20)13-7-6-11-4-2-8-17-14(11)15(13)19/h2-9,16,19-20H,10H2,1H3. The van der Waals surface area contributed by atoms with E-state index in [9.17, 15) is 10.2 Å². The summed E-state index contributed by atoms with van der Waals surface area (Å²) in [4.78, 5) is 5.84. The average molecular weight is 284 g/mol. The average Bonchev–Trinajstić information content (AvgIpc) is 3.00. The van der Waals surface area contributed by atoms with Gasteiger partial charge in [-0.05, 0) is 25.2 Å². The molecule has 3 rings (SSSR count). The minimum absolute atomic E-state index is 0.00638. The van der Waals surface area contributed by atoms with Gasteiger partial charge in [-0.1, -0.05) is 18.2 Å². The van der Waals surface area contributed by atoms with Crippen molar-refractivity contribution in [2.45, 2.75) is 12.8 Å². The van der Waals surface area contributed by atoms with Crippen LogP contribution in [0.15, 0.2) is 53.3 Å². The molecule has 0 aliphatic rings. The molecule has 1 atom stereocenters. The van der Waals surface area contributed by atoms with E-state index in [2.05, 4.69) is 4.98 Å². The molecule has 0 aliphatic heterocycles. The molecule has 1 aromatic carbocycles. The lowest BCUT2D eigenvalue weighted by Gasteiger charge is -2.23. The molecule has 1 unspecified atom stereocenters. The fourth-order valence-electron chi connectivity index (χ4n) is 2.33. The zero-order valence-corrected chi connectivity index (χ0v) is 11.6. The van der Waals surface area contributed by atoms with Crippen molar-refractivity contribution in [2.75, 3.05) is 7.05 Å². The van der Waals surface area contributed by atoms with Gasteiger partial charge >= 0.3 is 0 Å². The molecule has 0 amide bonds. The number of benzene rings is 1. The third-order valence-electron chi connectivity index (χ3n) is 3.46. The zero-order chi connectivity index (χ0) is 14.8. The predicted octanol–water partition coefficient (Wildman–Crippen LogP) is 2.66. The Morgan fingerprint density at radius 1 is 1.24 bits per heavy atom. The molecule has 5 heteroatoms. The van der Waals surface area contributed by atoms with E-state index in [1.165, 1.54) is 0 Å². The second kappa shape index (κ2) is 5.55. The van der Waals surface area contributed by atoms with Crippen LogP contribution in [0.2, 0.25) is 0 Å². The Morgan fingerprint density at radius 3 is 2.86 bits per heavy atom. The number of phenols is 1. The van der Waals surface area contributed by atoms with Crippen molar-refractivity contribution in [3.63, 3.8) is 0 Å². The molecular formula is C16H16N2O3. The minimum atomic E-state index is -0.943. The fraction of sp³-hybridized carbons (Fsp3) is 0.188. The normalized spacial score (nSPS) is 12.9. The van der Waals surface area contributed by atoms with Gasteiger partial charge in [-0.2, -0.15) is 0 Å². The molecule has 2 aromatic heterocycles. The fourth-order valence-corrected chi connectivity index (χ4v) is 2.33. The van der Waals surface area contributed by atoms with Crippen LogP contribution < -0.4 is 0 Å². The molecule has 0 saturated heterocycles. The highest BCUT2D eigenvalue weighted by Crippen LogP contribution is 2.32. The van der Waals surface area contributed by atoms with Crippen LogP contribution in [0.4, 0.5) is 0 Å². The topological polar surface area (TPSA) is 69.7 Å². The summed E-state index contributed by atoms with van der Waals surface area (Å²) in [5.74, 6) is 0.752. The van der Waals surface area contributed by atoms with Gasteiger partial charge in [0.2, 0.25) is 0 Å². The predicted molar refractivity (Wildman–Crippen MR) is 78.5 cm³/mol. The van der Waals surface area contributed by atoms with E-state index in [1.54, 1.807) is 42.6 Å². The van der Waals surface area contributed by atoms with Crippen LogP contribution in [0, 0.1) is 0 Å². The van der Waals surface area contributed by atoms with Crippen molar-refractivity contribution in [3.8, 4) is 5.75 Å². The highest BCUT2D eigenvalue weighted by Gasteiger charge is 2.20. The first kappa shape index (κ1) is 13.6. The van der Waals surface area contributed by atoms with Crippen molar-refractivity contribution < 1.29 is 14.6 Å². The number of hydrogen-bond acceptors (Lipinski definition) is 5. The molecule has 0 saturated carbocycles. The first-order chi connectivity index (χ1) is 10.2. The molecule has 0 bridgehead atoms. The lowest BCUT2D eigenvalue weighted by molar-refractivity contribution is 0.00975. The number of aromatic hydroxyl groups is 1. The molecule has 21 heavy (non-hydrogen) atoms. The number of pyridine rings is 1. The molecular weight excluding hydrogens is 268 g/mol. The van der Waals surface area contributed by atoms with Gasteiger partial charge in [0, 0.05) is 17.1 Å². The van der Waals surface area contributed by atoms with E-state index in [0.29, 0.717) is 17.6 Å². The van der Waals surface area contributed by atoms with Crippen molar-refractivity contribution >= 4 is 10.9 Å². The van der Waals surface area contributed by atoms with E-state index < -0.39 is 6.23 Å². The van der Waals surface area contributed by atoms with Crippen LogP contribution in [-0.4, -0.2) is 27.1 Å². The summed E-state index contributed by atoms with van der Waals surface area (Å²) >= 11 is 0. The molecule has 108 valence electrons. The molecule has 0 radical (unpaired) electrons. The number of hydrogen-bond donors (Lipinski definition) is 2. The van der Waals surface area contributed by atoms with Gasteiger partial charge < -0.3 is 14.6 Å². The van der Waals surface area contributed by atoms with E-state index in [4.69, 9.17) is 4.42 Å². The highest BCUT2D eigenvalue weighted by molar-refractivity contribution is 5.85. The monoisotopic (exact) mass is 284 g/mol. The Bertz CT molecular complexity index is 740. The number of aromatic nitrogens is 1. The smallest absolute Gasteiger partial charge is 0.148 e. The number of furan rings is 1. The van der Waals surface area contributed by atoms with E-state index in [1.807, 2.05) is 18.2 Å². The molecule has 0 aliphatic carbocycles. The summed E-state index contributed by atoms with van der Waals surface area (Å²) in [5.41, 5.74) is 0.913. The van der Waals surface area contributed by atoms with Crippen LogP contribution in [0.5, 0.6) is 5.75 Å². The Labute approximate surface area is 122 Å². The molecule has 0 fully saturated rings. The minimum Gasteiger partial charge on any atom is -0.505 e. The van der Waals surface area contributed by atoms with Gasteiger partial charge in [0.25, 0.3) is 0 Å². The van der Waals surface area contributed by atoms with Crippen LogP contribution in [-0.2, 0) is 6.54 Å². The molecule has 2 N–H and O–H groups in total. The van der Waals surface area contributed by atoms with Gasteiger partial charge in [-0.25, -0.2) is 0 Å². The van der Waals surface area contributed by atoms with Gasteiger partial charge in [-0.3, -0.25) is 9.88 Å². The van der Waals surface area contributed by atoms with Crippen molar-refractivity contribution in [1.29, 1.82) is 0 Å². The summed E-state index contributed by atoms with van der Waals surface area (Å²) in [6.07, 6.45) is 2.26. The van der Waals surface area contributed by atoms with E-state index >= 15 is 0 Å². The number of aliphatic hydroxyl groups is 1. The third kappa shape index (κ3) is 2.61. The number of phenolic OH excluding ortho intramolecular Hbond substituents is 1. The van der Waals surface area contributed by atoms with E-state index in [-0.39, 0.29) is 5.75 Å². The molecule has 3 aromatic rings. The summed E-state index contributed by atoms with van der Waals surface area (Å²) in [5, 5.41) is 21.6. The van der Waals surface area contributed by atoms with Crippen molar-refractivity contribution in [3.05, 3.63) is 60.2 Å². The van der Waals surface area contributed by atoms with Crippen LogP contribution in [0.25, 0.3) is 10.9 Å². The molecule has 2 heterocycles. The first-order valence-electron chi connectivity index (χ1n) is 6.64. The van der Waals surface area contributed by atoms with Gasteiger partial charge in [0.1, 0.15) is 23.3 Å². The maximum absolute atomic E-state index is 10.4. The van der Waals surface area contributed by atoms with Gasteiger partial charge in [0.05, 0.1) is 12.8 Å². The second-order valence-corrected chi connectivity index (χ2v) is 4.95. The largest absolute Gasteiger partial charge is 0.505 e. The van der Waals surface area contributed by atoms with Crippen LogP contribution in [0.1, 0.15) is 17.6 Å². The molecule has 0 spiro atoms. The van der Waals surface area contributed by atoms with Crippen molar-refractivity contribution in [2.24, 2.45) is 0 Å². The SMILES string of the molecule is CN(Cc1ccco1)C(O)c1ccc2cccnc2c1O. The van der Waals surface area contributed by atoms with Crippen LogP contribution >= 0.6 is 0 Å². The third-order valence-corrected chi connectivity index (χ3v) is 3.46. The number of rotatable bonds is 4. The maximum Gasteiger partial charge on any atom is 0.148 e. The zero-order valence-electron chi connectivity index (χ0n) is 11.6. The maximum atomic E-state index is 10.4. The Hall–Kier alpha value is -2.37. The number of fused-ring (bicyclic) bond motifs is 1. The molecule has 5 nitrogen and oxygen atoms in total. The summed E-state index contributed by atoms with van der Waals surface area (Å²) < 4.78 is 5.26. The number of aliphatic hydroxyl groups excluding tert-OH is 1. The summed E-state index contributed by atoms with van der Waals surface area (Å²) in [7, 11) is 1.76. The van der Waals surface area contributed by atoms with E-state index in [0.717, 1.165) is 11.1 Å². The van der Waals surface area contributed by atoms with Crippen molar-refractivity contribution in [1.82, 2.24) is 9.88 Å². The quantitative estimate of drug-likeness (QED) is 0.721. The highest BCUT2D eigenvalue weighted by atomic mass is 16.3. The Morgan fingerprint density at radius 2 is 2.10 bits per heavy atom. The Kier molecular flexibility index (Phi) is 3.60. The Balaban J connectivity index is 1.90. The van der Waals surface area contributed by atoms with Gasteiger partial charge in [-0.15, -0.1) is 0 Å². The van der Waals surface area contributed by atoms with Gasteiger partial charge in [0.15, 0.2) is 0 Å². The summed E-state index contributed by atoms with van der Waals surface area (Å²) in [6, 6.07) is 10.9.